The van der Waals surface area contributed by atoms with Crippen LogP contribution in [-0.2, 0) is 16.1 Å². The third-order valence-electron chi connectivity index (χ3n) is 3.98. The maximum Gasteiger partial charge on any atom is 0.220 e. The first kappa shape index (κ1) is 18.1. The predicted molar refractivity (Wildman–Crippen MR) is 96.8 cm³/mol. The first-order valence-corrected chi connectivity index (χ1v) is 9.21. The van der Waals surface area contributed by atoms with Crippen LogP contribution >= 0.6 is 22.9 Å². The summed E-state index contributed by atoms with van der Waals surface area (Å²) in [7, 11) is 0. The lowest BCUT2D eigenvalue weighted by Gasteiger charge is -2.41. The zero-order valence-electron chi connectivity index (χ0n) is 13.7. The van der Waals surface area contributed by atoms with E-state index in [-0.39, 0.29) is 13.0 Å². The second kappa shape index (κ2) is 8.14. The number of morpholine rings is 1. The van der Waals surface area contributed by atoms with Gasteiger partial charge in [0.25, 0.3) is 0 Å². The van der Waals surface area contributed by atoms with Gasteiger partial charge >= 0.3 is 0 Å². The van der Waals surface area contributed by atoms with E-state index in [2.05, 4.69) is 9.88 Å². The van der Waals surface area contributed by atoms with Gasteiger partial charge in [-0.1, -0.05) is 17.7 Å². The van der Waals surface area contributed by atoms with Gasteiger partial charge in [-0.2, -0.15) is 0 Å². The van der Waals surface area contributed by atoms with Crippen LogP contribution in [0.2, 0.25) is 5.02 Å². The van der Waals surface area contributed by atoms with E-state index in [1.165, 1.54) is 4.88 Å². The minimum absolute atomic E-state index is 0.104. The smallest absolute Gasteiger partial charge is 0.220 e. The number of thiazole rings is 1. The minimum Gasteiger partial charge on any atom is -0.490 e. The van der Waals surface area contributed by atoms with Crippen LogP contribution in [0.3, 0.4) is 0 Å². The number of rotatable bonds is 7. The van der Waals surface area contributed by atoms with Crippen LogP contribution in [0.15, 0.2) is 36.0 Å². The topological polar surface area (TPSA) is 77.7 Å². The number of carbonyl (C=O) groups excluding carboxylic acids is 1. The van der Waals surface area contributed by atoms with E-state index in [0.29, 0.717) is 23.9 Å². The number of primary amides is 1. The van der Waals surface area contributed by atoms with Gasteiger partial charge in [0.1, 0.15) is 18.0 Å². The van der Waals surface area contributed by atoms with Crippen LogP contribution < -0.4 is 10.5 Å². The highest BCUT2D eigenvalue weighted by molar-refractivity contribution is 7.09. The van der Waals surface area contributed by atoms with E-state index in [0.717, 1.165) is 13.1 Å². The van der Waals surface area contributed by atoms with E-state index in [9.17, 15) is 4.79 Å². The molecule has 1 aliphatic heterocycles. The molecule has 0 aliphatic carbocycles. The Balaban J connectivity index is 1.69. The fourth-order valence-electron chi connectivity index (χ4n) is 2.93. The maximum atomic E-state index is 11.6. The molecule has 0 radical (unpaired) electrons. The highest BCUT2D eigenvalue weighted by Crippen LogP contribution is 2.26. The number of benzene rings is 1. The highest BCUT2D eigenvalue weighted by Gasteiger charge is 2.39. The molecule has 0 unspecified atom stereocenters. The van der Waals surface area contributed by atoms with Gasteiger partial charge in [-0.25, -0.2) is 0 Å². The molecule has 25 heavy (non-hydrogen) atoms. The Morgan fingerprint density at radius 3 is 3.12 bits per heavy atom. The number of nitrogens with zero attached hydrogens (tertiary/aromatic N) is 2. The van der Waals surface area contributed by atoms with E-state index < -0.39 is 11.5 Å². The van der Waals surface area contributed by atoms with E-state index in [1.807, 2.05) is 23.8 Å². The summed E-state index contributed by atoms with van der Waals surface area (Å²) in [6.07, 6.45) is 1.96. The molecule has 0 saturated carbocycles. The van der Waals surface area contributed by atoms with Crippen molar-refractivity contribution in [2.75, 3.05) is 26.3 Å². The van der Waals surface area contributed by atoms with Crippen molar-refractivity contribution in [1.29, 1.82) is 0 Å². The molecule has 0 spiro atoms. The fraction of sp³-hybridized carbons (Fsp3) is 0.412. The fourth-order valence-corrected chi connectivity index (χ4v) is 3.75. The summed E-state index contributed by atoms with van der Waals surface area (Å²) in [5.41, 5.74) is 6.51. The van der Waals surface area contributed by atoms with E-state index in [1.54, 1.807) is 23.5 Å². The number of amides is 1. The standard InChI is InChI=1S/C17H20ClN3O3S/c18-13-2-1-3-14(6-13)23-11-17(7-16(19)22)10-21(4-5-24-17)9-15-8-20-12-25-15/h1-3,6,8,12H,4-5,7,9-11H2,(H2,19,22)/t17-/m0/s1. The molecule has 1 saturated heterocycles. The molecule has 1 aromatic carbocycles. The monoisotopic (exact) mass is 381 g/mol. The van der Waals surface area contributed by atoms with Crippen molar-refractivity contribution in [2.45, 2.75) is 18.6 Å². The molecule has 3 rings (SSSR count). The van der Waals surface area contributed by atoms with Crippen LogP contribution in [0.4, 0.5) is 0 Å². The summed E-state index contributed by atoms with van der Waals surface area (Å²) in [6, 6.07) is 7.15. The quantitative estimate of drug-likeness (QED) is 0.796. The summed E-state index contributed by atoms with van der Waals surface area (Å²) in [4.78, 5) is 19.1. The van der Waals surface area contributed by atoms with Gasteiger partial charge in [0.15, 0.2) is 0 Å². The molecule has 1 fully saturated rings. The Morgan fingerprint density at radius 2 is 2.40 bits per heavy atom. The van der Waals surface area contributed by atoms with Crippen molar-refractivity contribution in [3.63, 3.8) is 0 Å². The predicted octanol–water partition coefficient (Wildman–Crippen LogP) is 2.32. The van der Waals surface area contributed by atoms with Crippen molar-refractivity contribution < 1.29 is 14.3 Å². The van der Waals surface area contributed by atoms with Crippen LogP contribution in [0.5, 0.6) is 5.75 Å². The number of hydrogen-bond donors (Lipinski definition) is 1. The molecule has 2 aromatic rings. The zero-order chi connectivity index (χ0) is 17.7. The van der Waals surface area contributed by atoms with Gasteiger partial charge < -0.3 is 15.2 Å². The average molecular weight is 382 g/mol. The largest absolute Gasteiger partial charge is 0.490 e. The molecule has 2 N–H and O–H groups in total. The Kier molecular flexibility index (Phi) is 5.90. The lowest BCUT2D eigenvalue weighted by atomic mass is 9.97. The van der Waals surface area contributed by atoms with Gasteiger partial charge in [-0.05, 0) is 18.2 Å². The second-order valence-corrected chi connectivity index (χ2v) is 7.51. The summed E-state index contributed by atoms with van der Waals surface area (Å²) in [5, 5.41) is 0.595. The Labute approximate surface area is 155 Å². The number of ether oxygens (including phenoxy) is 2. The molecule has 1 amide bonds. The van der Waals surface area contributed by atoms with Crippen molar-refractivity contribution in [1.82, 2.24) is 9.88 Å². The van der Waals surface area contributed by atoms with Gasteiger partial charge in [0.05, 0.1) is 18.5 Å². The third kappa shape index (κ3) is 5.15. The highest BCUT2D eigenvalue weighted by atomic mass is 35.5. The van der Waals surface area contributed by atoms with Gasteiger partial charge in [-0.15, -0.1) is 11.3 Å². The van der Waals surface area contributed by atoms with Gasteiger partial charge in [0.2, 0.25) is 5.91 Å². The first-order valence-electron chi connectivity index (χ1n) is 7.95. The Hall–Kier alpha value is -1.67. The molecule has 1 atom stereocenters. The summed E-state index contributed by atoms with van der Waals surface area (Å²) < 4.78 is 11.8. The van der Waals surface area contributed by atoms with Gasteiger partial charge in [-0.3, -0.25) is 14.7 Å². The van der Waals surface area contributed by atoms with Crippen LogP contribution in [-0.4, -0.2) is 47.7 Å². The lowest BCUT2D eigenvalue weighted by molar-refractivity contribution is -0.148. The number of carbonyl (C=O) groups is 1. The van der Waals surface area contributed by atoms with Crippen LogP contribution in [0.1, 0.15) is 11.3 Å². The summed E-state index contributed by atoms with van der Waals surface area (Å²) in [6.45, 7) is 2.87. The molecule has 8 heteroatoms. The third-order valence-corrected chi connectivity index (χ3v) is 4.98. The molecule has 1 aromatic heterocycles. The molecule has 6 nitrogen and oxygen atoms in total. The number of nitrogens with two attached hydrogens (primary N) is 1. The zero-order valence-corrected chi connectivity index (χ0v) is 15.3. The van der Waals surface area contributed by atoms with Crippen molar-refractivity contribution in [3.05, 3.63) is 45.9 Å². The molecule has 134 valence electrons. The first-order chi connectivity index (χ1) is 12.0. The number of halogens is 1. The maximum absolute atomic E-state index is 11.6. The van der Waals surface area contributed by atoms with Crippen molar-refractivity contribution >= 4 is 28.8 Å². The molecule has 0 bridgehead atoms. The number of aromatic nitrogens is 1. The minimum atomic E-state index is -0.767. The van der Waals surface area contributed by atoms with Crippen molar-refractivity contribution in [2.24, 2.45) is 5.73 Å². The van der Waals surface area contributed by atoms with E-state index in [4.69, 9.17) is 26.8 Å². The SMILES string of the molecule is NC(=O)C[C@@]1(COc2cccc(Cl)c2)CN(Cc2cncs2)CCO1. The number of hydrogen-bond acceptors (Lipinski definition) is 6. The van der Waals surface area contributed by atoms with Crippen molar-refractivity contribution in [3.8, 4) is 5.75 Å². The van der Waals surface area contributed by atoms with Gasteiger partial charge in [0, 0.05) is 35.7 Å². The normalized spacial score (nSPS) is 21.2. The van der Waals surface area contributed by atoms with E-state index >= 15 is 0 Å². The molecule has 1 aliphatic rings. The molecular formula is C17H20ClN3O3S. The van der Waals surface area contributed by atoms with Crippen LogP contribution in [0.25, 0.3) is 0 Å². The Bertz CT molecular complexity index is 713. The summed E-state index contributed by atoms with van der Waals surface area (Å²) in [5.74, 6) is 0.230. The second-order valence-electron chi connectivity index (χ2n) is 6.10. The van der Waals surface area contributed by atoms with Crippen LogP contribution in [0, 0.1) is 0 Å². The molecule has 2 heterocycles. The average Bonchev–Trinajstić information content (AvgIpc) is 3.06. The Morgan fingerprint density at radius 1 is 1.52 bits per heavy atom. The molecular weight excluding hydrogens is 362 g/mol. The lowest BCUT2D eigenvalue weighted by Crippen LogP contribution is -2.56. The summed E-state index contributed by atoms with van der Waals surface area (Å²) >= 11 is 7.60.